The SMILES string of the molecule is C=C/C(C)=C(/C=N)C(=C)C(C)C.CC. The van der Waals surface area contributed by atoms with E-state index in [1.807, 2.05) is 20.8 Å². The third-order valence-electron chi connectivity index (χ3n) is 1.92. The standard InChI is InChI=1S/C11H17N.C2H6/c1-6-9(4)11(7-12)10(5)8(2)3;1-2/h6-8,12H,1,5H2,2-4H3;1-2H3/b11-9-,12-7?;. The van der Waals surface area contributed by atoms with Gasteiger partial charge in [0.15, 0.2) is 0 Å². The van der Waals surface area contributed by atoms with Gasteiger partial charge in [0.05, 0.1) is 0 Å². The highest BCUT2D eigenvalue weighted by Gasteiger charge is 2.05. The maximum absolute atomic E-state index is 7.23. The lowest BCUT2D eigenvalue weighted by Crippen LogP contribution is -1.99. The van der Waals surface area contributed by atoms with Gasteiger partial charge < -0.3 is 5.41 Å². The molecule has 0 spiro atoms. The zero-order valence-electron chi connectivity index (χ0n) is 10.1. The molecule has 80 valence electrons. The Morgan fingerprint density at radius 2 is 1.71 bits per heavy atom. The molecule has 0 saturated heterocycles. The van der Waals surface area contributed by atoms with Crippen molar-refractivity contribution in [2.45, 2.75) is 34.6 Å². The highest BCUT2D eigenvalue weighted by atomic mass is 14.3. The fourth-order valence-corrected chi connectivity index (χ4v) is 0.881. The molecule has 0 aliphatic heterocycles. The molecular weight excluding hydrogens is 170 g/mol. The van der Waals surface area contributed by atoms with Crippen LogP contribution in [0.25, 0.3) is 0 Å². The van der Waals surface area contributed by atoms with E-state index in [-0.39, 0.29) is 0 Å². The first-order chi connectivity index (χ1) is 6.54. The molecule has 0 rings (SSSR count). The Bertz CT molecular complexity index is 232. The van der Waals surface area contributed by atoms with Crippen LogP contribution in [-0.4, -0.2) is 6.21 Å². The largest absolute Gasteiger partial charge is 0.308 e. The average molecular weight is 193 g/mol. The number of nitrogens with one attached hydrogen (secondary N) is 1. The maximum atomic E-state index is 7.23. The zero-order chi connectivity index (χ0) is 11.7. The van der Waals surface area contributed by atoms with Gasteiger partial charge in [-0.1, -0.05) is 46.9 Å². The third-order valence-corrected chi connectivity index (χ3v) is 1.92. The molecule has 0 heterocycles. The second-order valence-corrected chi connectivity index (χ2v) is 3.13. The van der Waals surface area contributed by atoms with Crippen molar-refractivity contribution in [3.8, 4) is 0 Å². The van der Waals surface area contributed by atoms with Crippen molar-refractivity contribution in [3.05, 3.63) is 36.0 Å². The molecule has 0 aliphatic carbocycles. The lowest BCUT2D eigenvalue weighted by atomic mass is 9.94. The summed E-state index contributed by atoms with van der Waals surface area (Å²) in [6, 6.07) is 0. The smallest absolute Gasteiger partial charge is 0.0255 e. The van der Waals surface area contributed by atoms with Crippen molar-refractivity contribution in [2.24, 2.45) is 5.92 Å². The second kappa shape index (κ2) is 8.49. The van der Waals surface area contributed by atoms with E-state index in [1.54, 1.807) is 6.08 Å². The van der Waals surface area contributed by atoms with Gasteiger partial charge in [-0.25, -0.2) is 0 Å². The number of hydrogen-bond acceptors (Lipinski definition) is 1. The van der Waals surface area contributed by atoms with Gasteiger partial charge in [-0.2, -0.15) is 0 Å². The van der Waals surface area contributed by atoms with Gasteiger partial charge in [-0.15, -0.1) is 0 Å². The van der Waals surface area contributed by atoms with Crippen molar-refractivity contribution < 1.29 is 0 Å². The van der Waals surface area contributed by atoms with Crippen LogP contribution in [-0.2, 0) is 0 Å². The van der Waals surface area contributed by atoms with Crippen LogP contribution in [0.4, 0.5) is 0 Å². The lowest BCUT2D eigenvalue weighted by Gasteiger charge is -2.11. The van der Waals surface area contributed by atoms with Gasteiger partial charge in [0, 0.05) is 6.21 Å². The van der Waals surface area contributed by atoms with Gasteiger partial charge in [0.25, 0.3) is 0 Å². The summed E-state index contributed by atoms with van der Waals surface area (Å²) in [6.07, 6.45) is 3.10. The molecule has 0 saturated carbocycles. The lowest BCUT2D eigenvalue weighted by molar-refractivity contribution is 0.788. The van der Waals surface area contributed by atoms with Gasteiger partial charge in [0.1, 0.15) is 0 Å². The number of allylic oxidation sites excluding steroid dienone is 4. The summed E-state index contributed by atoms with van der Waals surface area (Å²) in [6.45, 7) is 17.7. The second-order valence-electron chi connectivity index (χ2n) is 3.13. The normalized spacial score (nSPS) is 11.0. The van der Waals surface area contributed by atoms with Gasteiger partial charge in [-0.05, 0) is 29.6 Å². The molecule has 0 radical (unpaired) electrons. The molecule has 1 heteroatoms. The van der Waals surface area contributed by atoms with Gasteiger partial charge >= 0.3 is 0 Å². The van der Waals surface area contributed by atoms with Crippen LogP contribution in [0.5, 0.6) is 0 Å². The van der Waals surface area contributed by atoms with E-state index in [0.29, 0.717) is 5.92 Å². The molecule has 1 N–H and O–H groups in total. The number of hydrogen-bond donors (Lipinski definition) is 1. The minimum Gasteiger partial charge on any atom is -0.308 e. The van der Waals surface area contributed by atoms with E-state index in [9.17, 15) is 0 Å². The third kappa shape index (κ3) is 4.80. The minimum absolute atomic E-state index is 0.386. The predicted octanol–water partition coefficient (Wildman–Crippen LogP) is 4.38. The molecule has 0 bridgehead atoms. The molecule has 14 heavy (non-hydrogen) atoms. The summed E-state index contributed by atoms with van der Waals surface area (Å²) in [5.74, 6) is 0.386. The van der Waals surface area contributed by atoms with Crippen LogP contribution >= 0.6 is 0 Å². The molecule has 0 aromatic rings. The van der Waals surface area contributed by atoms with E-state index >= 15 is 0 Å². The molecule has 0 aromatic heterocycles. The highest BCUT2D eigenvalue weighted by Crippen LogP contribution is 2.19. The molecule has 0 atom stereocenters. The van der Waals surface area contributed by atoms with E-state index in [2.05, 4.69) is 27.0 Å². The summed E-state index contributed by atoms with van der Waals surface area (Å²) in [5, 5.41) is 7.23. The highest BCUT2D eigenvalue weighted by molar-refractivity contribution is 5.84. The van der Waals surface area contributed by atoms with Crippen LogP contribution in [0.15, 0.2) is 36.0 Å². The number of rotatable bonds is 4. The van der Waals surface area contributed by atoms with Crippen LogP contribution < -0.4 is 0 Å². The molecule has 0 aromatic carbocycles. The fraction of sp³-hybridized carbons (Fsp3) is 0.462. The summed E-state index contributed by atoms with van der Waals surface area (Å²) in [7, 11) is 0. The first-order valence-electron chi connectivity index (χ1n) is 5.07. The van der Waals surface area contributed by atoms with Crippen LogP contribution in [0.3, 0.4) is 0 Å². The first-order valence-corrected chi connectivity index (χ1v) is 5.07. The minimum atomic E-state index is 0.386. The van der Waals surface area contributed by atoms with Crippen molar-refractivity contribution in [3.63, 3.8) is 0 Å². The first kappa shape index (κ1) is 15.4. The van der Waals surface area contributed by atoms with Crippen molar-refractivity contribution in [1.29, 1.82) is 5.41 Å². The molecule has 0 aliphatic rings. The Kier molecular flexibility index (Phi) is 9.31. The average Bonchev–Trinajstić information content (AvgIpc) is 2.21. The van der Waals surface area contributed by atoms with E-state index < -0.39 is 0 Å². The van der Waals surface area contributed by atoms with E-state index in [0.717, 1.165) is 16.7 Å². The summed E-state index contributed by atoms with van der Waals surface area (Å²) >= 11 is 0. The summed E-state index contributed by atoms with van der Waals surface area (Å²) < 4.78 is 0. The monoisotopic (exact) mass is 193 g/mol. The van der Waals surface area contributed by atoms with Crippen LogP contribution in [0.2, 0.25) is 0 Å². The van der Waals surface area contributed by atoms with Crippen molar-refractivity contribution >= 4 is 6.21 Å². The zero-order valence-corrected chi connectivity index (χ0v) is 10.1. The van der Waals surface area contributed by atoms with Crippen molar-refractivity contribution in [1.82, 2.24) is 0 Å². The molecule has 0 fully saturated rings. The maximum Gasteiger partial charge on any atom is 0.0255 e. The molecule has 1 nitrogen and oxygen atoms in total. The molecule has 0 amide bonds. The Labute approximate surface area is 88.7 Å². The van der Waals surface area contributed by atoms with Gasteiger partial charge in [0.2, 0.25) is 0 Å². The fourth-order valence-electron chi connectivity index (χ4n) is 0.881. The molecular formula is C13H23N. The van der Waals surface area contributed by atoms with Crippen molar-refractivity contribution in [2.75, 3.05) is 0 Å². The Balaban J connectivity index is 0. The van der Waals surface area contributed by atoms with Crippen LogP contribution in [0.1, 0.15) is 34.6 Å². The topological polar surface area (TPSA) is 23.9 Å². The predicted molar refractivity (Wildman–Crippen MR) is 67.0 cm³/mol. The Hall–Kier alpha value is -1.11. The summed E-state index contributed by atoms with van der Waals surface area (Å²) in [5.41, 5.74) is 2.92. The Morgan fingerprint density at radius 1 is 1.29 bits per heavy atom. The van der Waals surface area contributed by atoms with Crippen LogP contribution in [0, 0.1) is 11.3 Å². The molecule has 0 unspecified atom stereocenters. The Morgan fingerprint density at radius 3 is 1.93 bits per heavy atom. The van der Waals surface area contributed by atoms with E-state index in [4.69, 9.17) is 5.41 Å². The van der Waals surface area contributed by atoms with Gasteiger partial charge in [-0.3, -0.25) is 0 Å². The van der Waals surface area contributed by atoms with E-state index in [1.165, 1.54) is 6.21 Å². The summed E-state index contributed by atoms with van der Waals surface area (Å²) in [4.78, 5) is 0. The quantitative estimate of drug-likeness (QED) is 0.506.